The zero-order valence-electron chi connectivity index (χ0n) is 12.8. The quantitative estimate of drug-likeness (QED) is 0.730. The van der Waals surface area contributed by atoms with Crippen LogP contribution in [0.5, 0.6) is 0 Å². The van der Waals surface area contributed by atoms with Gasteiger partial charge in [0, 0.05) is 18.1 Å². The molecule has 0 spiro atoms. The molecule has 1 fully saturated rings. The molecule has 1 aliphatic rings. The van der Waals surface area contributed by atoms with Crippen molar-refractivity contribution in [2.24, 2.45) is 0 Å². The summed E-state index contributed by atoms with van der Waals surface area (Å²) in [5.41, 5.74) is 0. The van der Waals surface area contributed by atoms with Crippen LogP contribution >= 0.6 is 0 Å². The Kier molecular flexibility index (Phi) is 7.87. The van der Waals surface area contributed by atoms with E-state index in [1.807, 2.05) is 0 Å². The molecule has 1 heterocycles. The first-order valence-corrected chi connectivity index (χ1v) is 7.89. The second kappa shape index (κ2) is 8.89. The molecule has 0 aromatic rings. The highest BCUT2D eigenvalue weighted by Gasteiger charge is 2.26. The van der Waals surface area contributed by atoms with Crippen LogP contribution in [-0.2, 0) is 0 Å². The lowest BCUT2D eigenvalue weighted by molar-refractivity contribution is 0.228. The van der Waals surface area contributed by atoms with Crippen molar-refractivity contribution in [2.75, 3.05) is 26.2 Å². The second-order valence-corrected chi connectivity index (χ2v) is 5.83. The van der Waals surface area contributed by atoms with E-state index >= 15 is 0 Å². The minimum atomic E-state index is 0.653. The lowest BCUT2D eigenvalue weighted by Crippen LogP contribution is -2.48. The number of rotatable bonds is 7. The van der Waals surface area contributed by atoms with Gasteiger partial charge in [-0.2, -0.15) is 0 Å². The standard InChI is InChI=1S/C15H33N3/c1-5-9-16-14-7-11-18(13(3)4)12-8-15(14)17-10-6-2/h13-17H,5-12H2,1-4H3/t14-,15-/m1/s1. The van der Waals surface area contributed by atoms with Crippen LogP contribution in [0.3, 0.4) is 0 Å². The summed E-state index contributed by atoms with van der Waals surface area (Å²) in [6, 6.07) is 1.99. The van der Waals surface area contributed by atoms with Gasteiger partial charge in [-0.15, -0.1) is 0 Å². The molecule has 3 heteroatoms. The Morgan fingerprint density at radius 1 is 0.944 bits per heavy atom. The Bertz CT molecular complexity index is 188. The number of hydrogen-bond donors (Lipinski definition) is 2. The van der Waals surface area contributed by atoms with Crippen molar-refractivity contribution in [3.05, 3.63) is 0 Å². The van der Waals surface area contributed by atoms with Crippen molar-refractivity contribution >= 4 is 0 Å². The van der Waals surface area contributed by atoms with E-state index in [2.05, 4.69) is 43.2 Å². The molecular formula is C15H33N3. The summed E-state index contributed by atoms with van der Waals surface area (Å²) < 4.78 is 0. The van der Waals surface area contributed by atoms with E-state index in [0.717, 1.165) is 13.1 Å². The highest BCUT2D eigenvalue weighted by Crippen LogP contribution is 2.14. The molecule has 0 aromatic carbocycles. The first kappa shape index (κ1) is 15.9. The molecule has 108 valence electrons. The molecule has 1 saturated heterocycles. The average molecular weight is 255 g/mol. The van der Waals surface area contributed by atoms with Crippen LogP contribution in [0.25, 0.3) is 0 Å². The molecular weight excluding hydrogens is 222 g/mol. The van der Waals surface area contributed by atoms with Crippen LogP contribution < -0.4 is 10.6 Å². The number of hydrogen-bond acceptors (Lipinski definition) is 3. The predicted molar refractivity (Wildman–Crippen MR) is 80.1 cm³/mol. The van der Waals surface area contributed by atoms with Gasteiger partial charge in [0.15, 0.2) is 0 Å². The first-order chi connectivity index (χ1) is 8.69. The van der Waals surface area contributed by atoms with E-state index < -0.39 is 0 Å². The summed E-state index contributed by atoms with van der Waals surface area (Å²) in [7, 11) is 0. The molecule has 0 saturated carbocycles. The third kappa shape index (κ3) is 5.25. The average Bonchev–Trinajstić information content (AvgIpc) is 2.56. The largest absolute Gasteiger partial charge is 0.312 e. The van der Waals surface area contributed by atoms with E-state index in [9.17, 15) is 0 Å². The number of nitrogens with one attached hydrogen (secondary N) is 2. The van der Waals surface area contributed by atoms with Gasteiger partial charge >= 0.3 is 0 Å². The van der Waals surface area contributed by atoms with Crippen molar-refractivity contribution in [1.82, 2.24) is 15.5 Å². The Morgan fingerprint density at radius 3 is 1.72 bits per heavy atom. The first-order valence-electron chi connectivity index (χ1n) is 7.89. The van der Waals surface area contributed by atoms with Gasteiger partial charge in [-0.25, -0.2) is 0 Å². The maximum absolute atomic E-state index is 3.74. The lowest BCUT2D eigenvalue weighted by atomic mass is 10.0. The van der Waals surface area contributed by atoms with Crippen molar-refractivity contribution in [3.63, 3.8) is 0 Å². The summed E-state index contributed by atoms with van der Waals surface area (Å²) in [4.78, 5) is 2.62. The Morgan fingerprint density at radius 2 is 1.39 bits per heavy atom. The molecule has 0 aliphatic carbocycles. The lowest BCUT2D eigenvalue weighted by Gasteiger charge is -2.26. The summed E-state index contributed by atoms with van der Waals surface area (Å²) >= 11 is 0. The van der Waals surface area contributed by atoms with Crippen LogP contribution in [-0.4, -0.2) is 49.2 Å². The molecule has 0 bridgehead atoms. The van der Waals surface area contributed by atoms with Crippen molar-refractivity contribution in [1.29, 1.82) is 0 Å². The third-order valence-corrected chi connectivity index (χ3v) is 3.98. The maximum Gasteiger partial charge on any atom is 0.0233 e. The minimum absolute atomic E-state index is 0.653. The normalized spacial score (nSPS) is 26.5. The SMILES string of the molecule is CCCN[C@@H]1CCN(C(C)C)CC[C@H]1NCCC. The molecule has 3 nitrogen and oxygen atoms in total. The summed E-state index contributed by atoms with van der Waals surface area (Å²) in [6.07, 6.45) is 5.01. The van der Waals surface area contributed by atoms with Crippen LogP contribution in [0.4, 0.5) is 0 Å². The molecule has 2 atom stereocenters. The summed E-state index contributed by atoms with van der Waals surface area (Å²) in [5, 5.41) is 7.48. The van der Waals surface area contributed by atoms with Crippen LogP contribution in [0.1, 0.15) is 53.4 Å². The number of likely N-dealkylation sites (tertiary alicyclic amines) is 1. The second-order valence-electron chi connectivity index (χ2n) is 5.83. The topological polar surface area (TPSA) is 27.3 Å². The summed E-state index contributed by atoms with van der Waals surface area (Å²) in [6.45, 7) is 13.9. The highest BCUT2D eigenvalue weighted by molar-refractivity contribution is 4.87. The van der Waals surface area contributed by atoms with Crippen molar-refractivity contribution in [2.45, 2.75) is 71.5 Å². The maximum atomic E-state index is 3.74. The Hall–Kier alpha value is -0.120. The zero-order chi connectivity index (χ0) is 13.4. The number of nitrogens with zero attached hydrogens (tertiary/aromatic N) is 1. The molecule has 0 aromatic heterocycles. The summed E-state index contributed by atoms with van der Waals surface area (Å²) in [5.74, 6) is 0. The molecule has 0 radical (unpaired) electrons. The molecule has 1 rings (SSSR count). The van der Waals surface area contributed by atoms with Gasteiger partial charge in [0.1, 0.15) is 0 Å². The Labute approximate surface area is 114 Å². The van der Waals surface area contributed by atoms with Gasteiger partial charge in [0.05, 0.1) is 0 Å². The van der Waals surface area contributed by atoms with E-state index in [-0.39, 0.29) is 0 Å². The van der Waals surface area contributed by atoms with Crippen molar-refractivity contribution < 1.29 is 0 Å². The van der Waals surface area contributed by atoms with E-state index in [1.165, 1.54) is 38.8 Å². The van der Waals surface area contributed by atoms with E-state index in [0.29, 0.717) is 18.1 Å². The van der Waals surface area contributed by atoms with E-state index in [1.54, 1.807) is 0 Å². The molecule has 0 amide bonds. The smallest absolute Gasteiger partial charge is 0.0233 e. The van der Waals surface area contributed by atoms with Gasteiger partial charge in [-0.05, 0) is 65.7 Å². The fraction of sp³-hybridized carbons (Fsp3) is 1.00. The van der Waals surface area contributed by atoms with Crippen molar-refractivity contribution in [3.8, 4) is 0 Å². The fourth-order valence-corrected chi connectivity index (χ4v) is 2.79. The molecule has 2 N–H and O–H groups in total. The van der Waals surface area contributed by atoms with Crippen LogP contribution in [0, 0.1) is 0 Å². The zero-order valence-corrected chi connectivity index (χ0v) is 12.8. The van der Waals surface area contributed by atoms with Gasteiger partial charge in [0.2, 0.25) is 0 Å². The van der Waals surface area contributed by atoms with Gasteiger partial charge in [-0.3, -0.25) is 0 Å². The third-order valence-electron chi connectivity index (χ3n) is 3.98. The fourth-order valence-electron chi connectivity index (χ4n) is 2.79. The molecule has 0 unspecified atom stereocenters. The monoisotopic (exact) mass is 255 g/mol. The Balaban J connectivity index is 2.52. The molecule has 18 heavy (non-hydrogen) atoms. The van der Waals surface area contributed by atoms with Gasteiger partial charge < -0.3 is 15.5 Å². The van der Waals surface area contributed by atoms with Crippen LogP contribution in [0.2, 0.25) is 0 Å². The van der Waals surface area contributed by atoms with E-state index in [4.69, 9.17) is 0 Å². The van der Waals surface area contributed by atoms with Gasteiger partial charge in [0.25, 0.3) is 0 Å². The minimum Gasteiger partial charge on any atom is -0.312 e. The van der Waals surface area contributed by atoms with Crippen LogP contribution in [0.15, 0.2) is 0 Å². The highest BCUT2D eigenvalue weighted by atomic mass is 15.2. The van der Waals surface area contributed by atoms with Gasteiger partial charge in [-0.1, -0.05) is 13.8 Å². The molecule has 1 aliphatic heterocycles. The predicted octanol–water partition coefficient (Wildman–Crippen LogP) is 2.23.